The monoisotopic (exact) mass is 300 g/mol. The summed E-state index contributed by atoms with van der Waals surface area (Å²) in [5, 5.41) is 7.26. The van der Waals surface area contributed by atoms with Gasteiger partial charge in [0.2, 0.25) is 5.91 Å². The number of hydrogen-bond donors (Lipinski definition) is 2. The molecule has 2 N–H and O–H groups in total. The predicted molar refractivity (Wildman–Crippen MR) is 80.1 cm³/mol. The summed E-state index contributed by atoms with van der Waals surface area (Å²) in [6, 6.07) is 3.88. The lowest BCUT2D eigenvalue weighted by molar-refractivity contribution is -0.120. The predicted octanol–water partition coefficient (Wildman–Crippen LogP) is 3.77. The molecule has 0 saturated heterocycles. The number of nitrogens with one attached hydrogen (secondary N) is 2. The fourth-order valence-electron chi connectivity index (χ4n) is 2.31. The van der Waals surface area contributed by atoms with Crippen molar-refractivity contribution in [2.24, 2.45) is 0 Å². The first kappa shape index (κ1) is 14.5. The van der Waals surface area contributed by atoms with Gasteiger partial charge in [0, 0.05) is 11.1 Å². The van der Waals surface area contributed by atoms with Crippen LogP contribution in [0.4, 0.5) is 5.69 Å². The zero-order valence-corrected chi connectivity index (χ0v) is 12.4. The second-order valence-electron chi connectivity index (χ2n) is 4.98. The van der Waals surface area contributed by atoms with Crippen LogP contribution in [0.15, 0.2) is 12.1 Å². The quantitative estimate of drug-likeness (QED) is 0.888. The van der Waals surface area contributed by atoms with E-state index in [0.717, 1.165) is 18.4 Å². The topological polar surface area (TPSA) is 41.1 Å². The fraction of sp³-hybridized carbons (Fsp3) is 0.500. The van der Waals surface area contributed by atoms with E-state index >= 15 is 0 Å². The Morgan fingerprint density at radius 2 is 1.95 bits per heavy atom. The van der Waals surface area contributed by atoms with E-state index in [-0.39, 0.29) is 12.5 Å². The molecule has 1 aromatic rings. The Bertz CT molecular complexity index is 471. The Labute approximate surface area is 123 Å². The van der Waals surface area contributed by atoms with Gasteiger partial charge in [-0.2, -0.15) is 0 Å². The van der Waals surface area contributed by atoms with Gasteiger partial charge < -0.3 is 10.6 Å². The third-order valence-electron chi connectivity index (χ3n) is 3.41. The highest BCUT2D eigenvalue weighted by molar-refractivity contribution is 6.35. The van der Waals surface area contributed by atoms with Crippen LogP contribution in [0.25, 0.3) is 0 Å². The highest BCUT2D eigenvalue weighted by atomic mass is 35.5. The van der Waals surface area contributed by atoms with E-state index in [2.05, 4.69) is 10.6 Å². The number of benzene rings is 1. The molecule has 0 radical (unpaired) electrons. The third-order valence-corrected chi connectivity index (χ3v) is 4.13. The SMILES string of the molecule is Cc1cc(Cl)c(NCC(=O)NC2CCCC2)cc1Cl. The summed E-state index contributed by atoms with van der Waals surface area (Å²) in [5.74, 6) is -0.000311. The molecule has 0 aliphatic heterocycles. The van der Waals surface area contributed by atoms with Crippen LogP contribution in [0.3, 0.4) is 0 Å². The second-order valence-corrected chi connectivity index (χ2v) is 5.80. The summed E-state index contributed by atoms with van der Waals surface area (Å²) in [6.07, 6.45) is 4.58. The van der Waals surface area contributed by atoms with Crippen LogP contribution >= 0.6 is 23.2 Å². The molecule has 1 aromatic carbocycles. The molecule has 1 saturated carbocycles. The minimum absolute atomic E-state index is 0.000311. The normalized spacial score (nSPS) is 15.5. The van der Waals surface area contributed by atoms with E-state index in [9.17, 15) is 4.79 Å². The number of carbonyl (C=O) groups excluding carboxylic acids is 1. The molecule has 0 bridgehead atoms. The Morgan fingerprint density at radius 1 is 1.26 bits per heavy atom. The summed E-state index contributed by atoms with van der Waals surface area (Å²) in [6.45, 7) is 2.11. The first-order valence-electron chi connectivity index (χ1n) is 6.55. The van der Waals surface area contributed by atoms with Crippen LogP contribution in [-0.4, -0.2) is 18.5 Å². The maximum atomic E-state index is 11.8. The standard InChI is InChI=1S/C14H18Cl2N2O/c1-9-6-12(16)13(7-11(9)15)17-8-14(19)18-10-4-2-3-5-10/h6-7,10,17H,2-5,8H2,1H3,(H,18,19). The van der Waals surface area contributed by atoms with Gasteiger partial charge >= 0.3 is 0 Å². The van der Waals surface area contributed by atoms with Gasteiger partial charge in [-0.1, -0.05) is 36.0 Å². The van der Waals surface area contributed by atoms with Crippen molar-refractivity contribution in [3.05, 3.63) is 27.7 Å². The Hall–Kier alpha value is -0.930. The molecule has 0 aromatic heterocycles. The third kappa shape index (κ3) is 4.02. The van der Waals surface area contributed by atoms with E-state index in [1.807, 2.05) is 6.92 Å². The molecule has 1 amide bonds. The minimum Gasteiger partial charge on any atom is -0.375 e. The van der Waals surface area contributed by atoms with Gasteiger partial charge in [-0.05, 0) is 37.5 Å². The minimum atomic E-state index is -0.000311. The van der Waals surface area contributed by atoms with Crippen LogP contribution in [0.2, 0.25) is 10.0 Å². The van der Waals surface area contributed by atoms with Gasteiger partial charge in [-0.25, -0.2) is 0 Å². The molecule has 0 unspecified atom stereocenters. The first-order chi connectivity index (χ1) is 9.06. The molecule has 104 valence electrons. The van der Waals surface area contributed by atoms with E-state index < -0.39 is 0 Å². The molecule has 0 atom stereocenters. The Kier molecular flexibility index (Phi) is 4.94. The van der Waals surface area contributed by atoms with E-state index in [0.29, 0.717) is 21.8 Å². The van der Waals surface area contributed by atoms with E-state index in [1.165, 1.54) is 12.8 Å². The number of anilines is 1. The Morgan fingerprint density at radius 3 is 2.63 bits per heavy atom. The molecule has 19 heavy (non-hydrogen) atoms. The van der Waals surface area contributed by atoms with Crippen molar-refractivity contribution in [3.63, 3.8) is 0 Å². The van der Waals surface area contributed by atoms with Crippen molar-refractivity contribution in [2.45, 2.75) is 38.6 Å². The number of amides is 1. The highest BCUT2D eigenvalue weighted by Crippen LogP contribution is 2.28. The van der Waals surface area contributed by atoms with Crippen LogP contribution in [0.1, 0.15) is 31.2 Å². The van der Waals surface area contributed by atoms with Crippen LogP contribution in [-0.2, 0) is 4.79 Å². The fourth-order valence-corrected chi connectivity index (χ4v) is 2.75. The molecular weight excluding hydrogens is 283 g/mol. The van der Waals surface area contributed by atoms with Crippen molar-refractivity contribution in [1.29, 1.82) is 0 Å². The van der Waals surface area contributed by atoms with Crippen molar-refractivity contribution < 1.29 is 4.79 Å². The number of halogens is 2. The lowest BCUT2D eigenvalue weighted by atomic mass is 10.2. The van der Waals surface area contributed by atoms with Crippen molar-refractivity contribution >= 4 is 34.8 Å². The summed E-state index contributed by atoms with van der Waals surface area (Å²) in [4.78, 5) is 11.8. The molecule has 1 fully saturated rings. The second kappa shape index (κ2) is 6.49. The Balaban J connectivity index is 1.87. The zero-order valence-electron chi connectivity index (χ0n) is 10.9. The smallest absolute Gasteiger partial charge is 0.239 e. The van der Waals surface area contributed by atoms with Gasteiger partial charge in [-0.15, -0.1) is 0 Å². The highest BCUT2D eigenvalue weighted by Gasteiger charge is 2.17. The number of carbonyl (C=O) groups is 1. The molecule has 0 spiro atoms. The number of hydrogen-bond acceptors (Lipinski definition) is 2. The summed E-state index contributed by atoms with van der Waals surface area (Å²) >= 11 is 12.1. The lowest BCUT2D eigenvalue weighted by Crippen LogP contribution is -2.36. The van der Waals surface area contributed by atoms with Gasteiger partial charge in [0.25, 0.3) is 0 Å². The molecule has 0 heterocycles. The average Bonchev–Trinajstić information content (AvgIpc) is 2.85. The van der Waals surface area contributed by atoms with E-state index in [1.54, 1.807) is 12.1 Å². The molecule has 2 rings (SSSR count). The maximum Gasteiger partial charge on any atom is 0.239 e. The summed E-state index contributed by atoms with van der Waals surface area (Å²) < 4.78 is 0. The van der Waals surface area contributed by atoms with Crippen LogP contribution in [0, 0.1) is 6.92 Å². The van der Waals surface area contributed by atoms with Crippen molar-refractivity contribution in [3.8, 4) is 0 Å². The molecule has 1 aliphatic rings. The van der Waals surface area contributed by atoms with Crippen molar-refractivity contribution in [2.75, 3.05) is 11.9 Å². The largest absolute Gasteiger partial charge is 0.375 e. The molecule has 5 heteroatoms. The maximum absolute atomic E-state index is 11.8. The molecule has 3 nitrogen and oxygen atoms in total. The molecular formula is C14H18Cl2N2O. The van der Waals surface area contributed by atoms with Gasteiger partial charge in [0.05, 0.1) is 17.3 Å². The number of aryl methyl sites for hydroxylation is 1. The summed E-state index contributed by atoms with van der Waals surface area (Å²) in [5.41, 5.74) is 1.62. The van der Waals surface area contributed by atoms with Gasteiger partial charge in [-0.3, -0.25) is 4.79 Å². The summed E-state index contributed by atoms with van der Waals surface area (Å²) in [7, 11) is 0. The zero-order chi connectivity index (χ0) is 13.8. The lowest BCUT2D eigenvalue weighted by Gasteiger charge is -2.14. The van der Waals surface area contributed by atoms with Gasteiger partial charge in [0.1, 0.15) is 0 Å². The first-order valence-corrected chi connectivity index (χ1v) is 7.30. The van der Waals surface area contributed by atoms with E-state index in [4.69, 9.17) is 23.2 Å². The average molecular weight is 301 g/mol. The molecule has 1 aliphatic carbocycles. The van der Waals surface area contributed by atoms with Crippen LogP contribution in [0.5, 0.6) is 0 Å². The van der Waals surface area contributed by atoms with Gasteiger partial charge in [0.15, 0.2) is 0 Å². The number of rotatable bonds is 4. The van der Waals surface area contributed by atoms with Crippen LogP contribution < -0.4 is 10.6 Å². The van der Waals surface area contributed by atoms with Crippen molar-refractivity contribution in [1.82, 2.24) is 5.32 Å².